The smallest absolute Gasteiger partial charge is 0.145 e. The molecule has 2 atom stereocenters. The van der Waals surface area contributed by atoms with Crippen molar-refractivity contribution >= 4 is 44.3 Å². The number of halogens is 2. The fourth-order valence-corrected chi connectivity index (χ4v) is 3.62. The molecule has 3 nitrogen and oxygen atoms in total. The number of alkyl halides is 1. The molecule has 0 N–H and O–H groups in total. The minimum absolute atomic E-state index is 0.563. The summed E-state index contributed by atoms with van der Waals surface area (Å²) in [4.78, 5) is 10.8. The normalized spacial score (nSPS) is 25.9. The van der Waals surface area contributed by atoms with E-state index in [2.05, 4.69) is 60.3 Å². The lowest BCUT2D eigenvalue weighted by Gasteiger charge is -2.26. The predicted molar refractivity (Wildman–Crippen MR) is 73.5 cm³/mol. The molecule has 2 rings (SSSR count). The SMILES string of the molecule is CC1CCN(c2ncncc2I)C1CBr. The number of hydrogen-bond acceptors (Lipinski definition) is 3. The van der Waals surface area contributed by atoms with Gasteiger partial charge < -0.3 is 4.90 Å². The standard InChI is InChI=1S/C10H13BrIN3/c1-7-2-3-15(9(7)4-11)10-8(12)5-13-6-14-10/h5-7,9H,2-4H2,1H3. The molecule has 1 fully saturated rings. The number of anilines is 1. The van der Waals surface area contributed by atoms with Crippen molar-refractivity contribution < 1.29 is 0 Å². The third kappa shape index (κ3) is 2.27. The minimum Gasteiger partial charge on any atom is -0.352 e. The van der Waals surface area contributed by atoms with Crippen LogP contribution in [0, 0.1) is 9.49 Å². The average Bonchev–Trinajstić information content (AvgIpc) is 2.60. The Balaban J connectivity index is 2.28. The summed E-state index contributed by atoms with van der Waals surface area (Å²) >= 11 is 5.89. The Morgan fingerprint density at radius 1 is 1.67 bits per heavy atom. The van der Waals surface area contributed by atoms with Gasteiger partial charge in [0.2, 0.25) is 0 Å². The summed E-state index contributed by atoms with van der Waals surface area (Å²) in [5, 5.41) is 1.01. The van der Waals surface area contributed by atoms with E-state index in [1.165, 1.54) is 6.42 Å². The van der Waals surface area contributed by atoms with Crippen molar-refractivity contribution in [3.8, 4) is 0 Å². The number of rotatable bonds is 2. The van der Waals surface area contributed by atoms with Gasteiger partial charge in [-0.3, -0.25) is 0 Å². The van der Waals surface area contributed by atoms with Crippen LogP contribution in [0.25, 0.3) is 0 Å². The molecule has 1 aromatic rings. The van der Waals surface area contributed by atoms with Crippen LogP contribution < -0.4 is 4.90 Å². The molecular weight excluding hydrogens is 369 g/mol. The van der Waals surface area contributed by atoms with E-state index in [1.807, 2.05) is 6.20 Å². The molecule has 0 bridgehead atoms. The molecule has 1 saturated heterocycles. The van der Waals surface area contributed by atoms with Gasteiger partial charge in [0.25, 0.3) is 0 Å². The average molecular weight is 382 g/mol. The van der Waals surface area contributed by atoms with Crippen molar-refractivity contribution in [3.05, 3.63) is 16.1 Å². The Morgan fingerprint density at radius 3 is 3.13 bits per heavy atom. The van der Waals surface area contributed by atoms with E-state index in [9.17, 15) is 0 Å². The Kier molecular flexibility index (Phi) is 3.82. The monoisotopic (exact) mass is 381 g/mol. The van der Waals surface area contributed by atoms with Crippen LogP contribution in [-0.4, -0.2) is 27.9 Å². The lowest BCUT2D eigenvalue weighted by atomic mass is 10.1. The first-order valence-electron chi connectivity index (χ1n) is 5.02. The summed E-state index contributed by atoms with van der Waals surface area (Å²) in [7, 11) is 0. The zero-order valence-corrected chi connectivity index (χ0v) is 12.3. The second-order valence-corrected chi connectivity index (χ2v) is 5.68. The first kappa shape index (κ1) is 11.6. The second kappa shape index (κ2) is 4.95. The molecule has 1 aliphatic heterocycles. The van der Waals surface area contributed by atoms with Crippen LogP contribution in [0.3, 0.4) is 0 Å². The van der Waals surface area contributed by atoms with Gasteiger partial charge in [-0.25, -0.2) is 9.97 Å². The molecule has 82 valence electrons. The topological polar surface area (TPSA) is 29.0 Å². The number of aromatic nitrogens is 2. The number of nitrogens with zero attached hydrogens (tertiary/aromatic N) is 3. The molecule has 2 unspecified atom stereocenters. The Hall–Kier alpha value is 0.0900. The van der Waals surface area contributed by atoms with Gasteiger partial charge in [0.05, 0.1) is 3.57 Å². The fourth-order valence-electron chi connectivity index (χ4n) is 2.02. The van der Waals surface area contributed by atoms with E-state index in [1.54, 1.807) is 6.33 Å². The van der Waals surface area contributed by atoms with Crippen molar-refractivity contribution in [2.24, 2.45) is 5.92 Å². The fraction of sp³-hybridized carbons (Fsp3) is 0.600. The summed E-state index contributed by atoms with van der Waals surface area (Å²) in [6, 6.07) is 0.563. The largest absolute Gasteiger partial charge is 0.352 e. The summed E-state index contributed by atoms with van der Waals surface area (Å²) in [6.07, 6.45) is 4.75. The molecule has 0 amide bonds. The molecule has 0 radical (unpaired) electrons. The Morgan fingerprint density at radius 2 is 2.47 bits per heavy atom. The quantitative estimate of drug-likeness (QED) is 0.582. The molecular formula is C10H13BrIN3. The highest BCUT2D eigenvalue weighted by Gasteiger charge is 2.31. The Labute approximate surface area is 112 Å². The van der Waals surface area contributed by atoms with Gasteiger partial charge in [0, 0.05) is 24.1 Å². The van der Waals surface area contributed by atoms with Crippen LogP contribution >= 0.6 is 38.5 Å². The van der Waals surface area contributed by atoms with Crippen molar-refractivity contribution in [1.29, 1.82) is 0 Å². The maximum Gasteiger partial charge on any atom is 0.145 e. The minimum atomic E-state index is 0.563. The van der Waals surface area contributed by atoms with Crippen LogP contribution in [0.5, 0.6) is 0 Å². The van der Waals surface area contributed by atoms with E-state index in [0.29, 0.717) is 6.04 Å². The van der Waals surface area contributed by atoms with Crippen molar-refractivity contribution in [1.82, 2.24) is 9.97 Å². The van der Waals surface area contributed by atoms with Gasteiger partial charge in [0.1, 0.15) is 12.1 Å². The van der Waals surface area contributed by atoms with Gasteiger partial charge in [-0.05, 0) is 34.9 Å². The van der Waals surface area contributed by atoms with E-state index < -0.39 is 0 Å². The summed E-state index contributed by atoms with van der Waals surface area (Å²) in [5.74, 6) is 1.81. The van der Waals surface area contributed by atoms with Gasteiger partial charge in [0.15, 0.2) is 0 Å². The molecule has 15 heavy (non-hydrogen) atoms. The van der Waals surface area contributed by atoms with Gasteiger partial charge in [-0.1, -0.05) is 22.9 Å². The highest BCUT2D eigenvalue weighted by molar-refractivity contribution is 14.1. The van der Waals surface area contributed by atoms with Crippen molar-refractivity contribution in [2.45, 2.75) is 19.4 Å². The van der Waals surface area contributed by atoms with Crippen LogP contribution in [0.15, 0.2) is 12.5 Å². The first-order valence-corrected chi connectivity index (χ1v) is 7.22. The van der Waals surface area contributed by atoms with Crippen LogP contribution in [0.1, 0.15) is 13.3 Å². The van der Waals surface area contributed by atoms with E-state index in [0.717, 1.165) is 27.2 Å². The Bertz CT molecular complexity index is 347. The number of hydrogen-bond donors (Lipinski definition) is 0. The second-order valence-electron chi connectivity index (χ2n) is 3.88. The summed E-state index contributed by atoms with van der Waals surface area (Å²) in [6.45, 7) is 3.41. The highest BCUT2D eigenvalue weighted by atomic mass is 127. The van der Waals surface area contributed by atoms with E-state index >= 15 is 0 Å². The zero-order chi connectivity index (χ0) is 10.8. The zero-order valence-electron chi connectivity index (χ0n) is 8.53. The molecule has 1 aromatic heterocycles. The lowest BCUT2D eigenvalue weighted by molar-refractivity contribution is 0.552. The molecule has 0 saturated carbocycles. The molecule has 1 aliphatic rings. The van der Waals surface area contributed by atoms with E-state index in [-0.39, 0.29) is 0 Å². The van der Waals surface area contributed by atoms with E-state index in [4.69, 9.17) is 0 Å². The molecule has 2 heterocycles. The predicted octanol–water partition coefficient (Wildman–Crippen LogP) is 2.69. The molecule has 0 aliphatic carbocycles. The lowest BCUT2D eigenvalue weighted by Crippen LogP contribution is -2.34. The van der Waals surface area contributed by atoms with Gasteiger partial charge >= 0.3 is 0 Å². The third-order valence-electron chi connectivity index (χ3n) is 2.96. The highest BCUT2D eigenvalue weighted by Crippen LogP contribution is 2.31. The van der Waals surface area contributed by atoms with Crippen molar-refractivity contribution in [3.63, 3.8) is 0 Å². The maximum absolute atomic E-state index is 4.38. The maximum atomic E-state index is 4.38. The van der Waals surface area contributed by atoms with Crippen LogP contribution in [-0.2, 0) is 0 Å². The molecule has 5 heteroatoms. The van der Waals surface area contributed by atoms with Crippen LogP contribution in [0.4, 0.5) is 5.82 Å². The summed E-state index contributed by atoms with van der Waals surface area (Å²) in [5.41, 5.74) is 0. The molecule has 0 spiro atoms. The van der Waals surface area contributed by atoms with Crippen LogP contribution in [0.2, 0.25) is 0 Å². The molecule has 0 aromatic carbocycles. The first-order chi connectivity index (χ1) is 7.24. The van der Waals surface area contributed by atoms with Gasteiger partial charge in [-0.15, -0.1) is 0 Å². The third-order valence-corrected chi connectivity index (χ3v) is 4.39. The van der Waals surface area contributed by atoms with Crippen molar-refractivity contribution in [2.75, 3.05) is 16.8 Å². The van der Waals surface area contributed by atoms with Gasteiger partial charge in [-0.2, -0.15) is 0 Å². The summed E-state index contributed by atoms with van der Waals surface area (Å²) < 4.78 is 1.13.